The number of hydrogen-bond acceptors (Lipinski definition) is 4. The van der Waals surface area contributed by atoms with Gasteiger partial charge in [0.2, 0.25) is 0 Å². The van der Waals surface area contributed by atoms with Crippen molar-refractivity contribution in [2.45, 2.75) is 25.8 Å². The third-order valence-electron chi connectivity index (χ3n) is 2.98. The van der Waals surface area contributed by atoms with E-state index in [1.807, 2.05) is 0 Å². The summed E-state index contributed by atoms with van der Waals surface area (Å²) in [5, 5.41) is 17.9. The molecular weight excluding hydrogens is 327 g/mol. The van der Waals surface area contributed by atoms with Crippen molar-refractivity contribution >= 4 is 5.91 Å². The summed E-state index contributed by atoms with van der Waals surface area (Å²) >= 11 is 0. The Bertz CT molecular complexity index is 699. The van der Waals surface area contributed by atoms with Gasteiger partial charge in [0.1, 0.15) is 18.1 Å². The van der Waals surface area contributed by atoms with Gasteiger partial charge < -0.3 is 15.2 Å². The highest BCUT2D eigenvalue weighted by Gasteiger charge is 2.30. The zero-order chi connectivity index (χ0) is 17.7. The van der Waals surface area contributed by atoms with Crippen LogP contribution in [-0.2, 0) is 12.8 Å². The van der Waals surface area contributed by atoms with Crippen LogP contribution in [0.15, 0.2) is 30.3 Å². The average Bonchev–Trinajstić information content (AvgIpc) is 2.99. The van der Waals surface area contributed by atoms with Gasteiger partial charge in [0.05, 0.1) is 17.4 Å². The predicted octanol–water partition coefficient (Wildman–Crippen LogP) is 2.12. The predicted molar refractivity (Wildman–Crippen MR) is 78.4 cm³/mol. The molecule has 0 aliphatic carbocycles. The van der Waals surface area contributed by atoms with E-state index in [1.165, 1.54) is 25.1 Å². The van der Waals surface area contributed by atoms with Gasteiger partial charge in [0, 0.05) is 6.54 Å². The number of rotatable bonds is 6. The zero-order valence-corrected chi connectivity index (χ0v) is 12.7. The van der Waals surface area contributed by atoms with Crippen molar-refractivity contribution in [3.63, 3.8) is 0 Å². The van der Waals surface area contributed by atoms with Crippen molar-refractivity contribution in [3.8, 4) is 5.75 Å². The first kappa shape index (κ1) is 17.8. The molecule has 3 N–H and O–H groups in total. The summed E-state index contributed by atoms with van der Waals surface area (Å²) in [5.74, 6) is -0.419. The fraction of sp³-hybridized carbons (Fsp3) is 0.333. The Balaban J connectivity index is 1.95. The smallest absolute Gasteiger partial charge is 0.416 e. The number of amides is 1. The second-order valence-electron chi connectivity index (χ2n) is 5.15. The van der Waals surface area contributed by atoms with E-state index in [0.29, 0.717) is 5.69 Å². The maximum absolute atomic E-state index is 12.6. The number of H-pyrrole nitrogens is 1. The Morgan fingerprint density at radius 2 is 2.17 bits per heavy atom. The minimum atomic E-state index is -4.44. The van der Waals surface area contributed by atoms with Crippen LogP contribution >= 0.6 is 0 Å². The lowest BCUT2D eigenvalue weighted by Crippen LogP contribution is -2.30. The van der Waals surface area contributed by atoms with Crippen LogP contribution in [0.25, 0.3) is 0 Å². The van der Waals surface area contributed by atoms with Crippen molar-refractivity contribution in [3.05, 3.63) is 47.3 Å². The van der Waals surface area contributed by atoms with E-state index >= 15 is 0 Å². The first-order valence-corrected chi connectivity index (χ1v) is 7.06. The van der Waals surface area contributed by atoms with Crippen LogP contribution in [0, 0.1) is 0 Å². The molecule has 1 unspecified atom stereocenters. The summed E-state index contributed by atoms with van der Waals surface area (Å²) < 4.78 is 43.1. The number of aliphatic hydroxyl groups is 1. The number of alkyl halides is 3. The number of aromatic amines is 1. The van der Waals surface area contributed by atoms with E-state index < -0.39 is 23.8 Å². The molecule has 2 aromatic rings. The summed E-state index contributed by atoms with van der Waals surface area (Å²) in [7, 11) is 0. The summed E-state index contributed by atoms with van der Waals surface area (Å²) in [5.41, 5.74) is -0.282. The molecule has 0 saturated heterocycles. The quantitative estimate of drug-likeness (QED) is 0.750. The molecule has 2 rings (SSSR count). The van der Waals surface area contributed by atoms with Crippen LogP contribution in [0.3, 0.4) is 0 Å². The summed E-state index contributed by atoms with van der Waals surface area (Å²) in [6, 6.07) is 5.92. The molecular formula is C15H16F3N3O3. The van der Waals surface area contributed by atoms with E-state index in [1.54, 1.807) is 0 Å². The number of halogens is 3. The molecule has 24 heavy (non-hydrogen) atoms. The van der Waals surface area contributed by atoms with Crippen LogP contribution in [0.5, 0.6) is 5.75 Å². The highest BCUT2D eigenvalue weighted by atomic mass is 19.4. The number of nitrogens with one attached hydrogen (secondary N) is 2. The molecule has 0 bridgehead atoms. The van der Waals surface area contributed by atoms with Crippen LogP contribution in [0.1, 0.15) is 28.7 Å². The number of nitrogens with zero attached hydrogens (tertiary/aromatic N) is 1. The summed E-state index contributed by atoms with van der Waals surface area (Å²) in [4.78, 5) is 11.7. The third kappa shape index (κ3) is 4.98. The van der Waals surface area contributed by atoms with E-state index in [0.717, 1.165) is 12.1 Å². The maximum atomic E-state index is 12.6. The molecule has 9 heteroatoms. The number of aliphatic hydroxyl groups excluding tert-OH is 1. The molecule has 1 aromatic heterocycles. The molecule has 1 amide bonds. The first-order chi connectivity index (χ1) is 11.3. The van der Waals surface area contributed by atoms with Crippen molar-refractivity contribution in [2.24, 2.45) is 0 Å². The number of ether oxygens (including phenoxy) is 1. The normalized spacial score (nSPS) is 12.7. The van der Waals surface area contributed by atoms with E-state index in [2.05, 4.69) is 15.5 Å². The van der Waals surface area contributed by atoms with Crippen molar-refractivity contribution in [2.75, 3.05) is 6.54 Å². The lowest BCUT2D eigenvalue weighted by Gasteiger charge is -2.09. The second-order valence-corrected chi connectivity index (χ2v) is 5.15. The Kier molecular flexibility index (Phi) is 5.45. The third-order valence-corrected chi connectivity index (χ3v) is 2.98. The number of benzene rings is 1. The minimum absolute atomic E-state index is 0.0551. The van der Waals surface area contributed by atoms with Gasteiger partial charge in [0.15, 0.2) is 0 Å². The lowest BCUT2D eigenvalue weighted by molar-refractivity contribution is -0.137. The number of hydrogen-bond donors (Lipinski definition) is 3. The van der Waals surface area contributed by atoms with Gasteiger partial charge in [0.25, 0.3) is 5.91 Å². The van der Waals surface area contributed by atoms with Gasteiger partial charge in [-0.3, -0.25) is 9.89 Å². The fourth-order valence-corrected chi connectivity index (χ4v) is 1.81. The summed E-state index contributed by atoms with van der Waals surface area (Å²) in [6.45, 7) is 1.54. The number of carbonyl (C=O) groups is 1. The molecule has 0 fully saturated rings. The zero-order valence-electron chi connectivity index (χ0n) is 12.7. The van der Waals surface area contributed by atoms with Crippen molar-refractivity contribution in [1.82, 2.24) is 15.5 Å². The lowest BCUT2D eigenvalue weighted by atomic mass is 10.2. The Hall–Kier alpha value is -2.55. The molecule has 1 atom stereocenters. The molecule has 0 spiro atoms. The number of aromatic nitrogens is 2. The molecule has 1 heterocycles. The first-order valence-electron chi connectivity index (χ1n) is 7.06. The van der Waals surface area contributed by atoms with Crippen LogP contribution in [-0.4, -0.2) is 33.9 Å². The molecule has 1 aromatic carbocycles. The van der Waals surface area contributed by atoms with Gasteiger partial charge in [-0.15, -0.1) is 0 Å². The molecule has 0 aliphatic heterocycles. The molecule has 0 aliphatic rings. The molecule has 6 nitrogen and oxygen atoms in total. The van der Waals surface area contributed by atoms with Gasteiger partial charge >= 0.3 is 6.18 Å². The van der Waals surface area contributed by atoms with Crippen molar-refractivity contribution < 1.29 is 27.8 Å². The van der Waals surface area contributed by atoms with E-state index in [4.69, 9.17) is 9.84 Å². The van der Waals surface area contributed by atoms with Gasteiger partial charge in [-0.2, -0.15) is 18.3 Å². The highest BCUT2D eigenvalue weighted by Crippen LogP contribution is 2.31. The second kappa shape index (κ2) is 7.35. The topological polar surface area (TPSA) is 87.2 Å². The SMILES string of the molecule is CC(O)CNC(=O)c1cc(COc2cccc(C(F)(F)F)c2)[nH]n1. The molecule has 130 valence electrons. The minimum Gasteiger partial charge on any atom is -0.487 e. The van der Waals surface area contributed by atoms with Gasteiger partial charge in [-0.05, 0) is 31.2 Å². The van der Waals surface area contributed by atoms with Crippen LogP contribution in [0.4, 0.5) is 13.2 Å². The fourth-order valence-electron chi connectivity index (χ4n) is 1.81. The molecule has 0 radical (unpaired) electrons. The average molecular weight is 343 g/mol. The number of carbonyl (C=O) groups excluding carboxylic acids is 1. The van der Waals surface area contributed by atoms with Crippen LogP contribution in [0.2, 0.25) is 0 Å². The maximum Gasteiger partial charge on any atom is 0.416 e. The van der Waals surface area contributed by atoms with Crippen molar-refractivity contribution in [1.29, 1.82) is 0 Å². The van der Waals surface area contributed by atoms with Gasteiger partial charge in [-0.25, -0.2) is 0 Å². The molecule has 0 saturated carbocycles. The van der Waals surface area contributed by atoms with Gasteiger partial charge in [-0.1, -0.05) is 6.07 Å². The van der Waals surface area contributed by atoms with E-state index in [-0.39, 0.29) is 24.6 Å². The Labute approximate surface area is 135 Å². The monoisotopic (exact) mass is 343 g/mol. The summed E-state index contributed by atoms with van der Waals surface area (Å²) in [6.07, 6.45) is -5.13. The van der Waals surface area contributed by atoms with Crippen LogP contribution < -0.4 is 10.1 Å². The van der Waals surface area contributed by atoms with E-state index in [9.17, 15) is 18.0 Å². The Morgan fingerprint density at radius 1 is 1.42 bits per heavy atom. The Morgan fingerprint density at radius 3 is 2.83 bits per heavy atom. The highest BCUT2D eigenvalue weighted by molar-refractivity contribution is 5.92. The standard InChI is InChI=1S/C15H16F3N3O3/c1-9(22)7-19-14(23)13-6-11(20-21-13)8-24-12-4-2-3-10(5-12)15(16,17)18/h2-6,9,22H,7-8H2,1H3,(H,19,23)(H,20,21). The largest absolute Gasteiger partial charge is 0.487 e.